The Morgan fingerprint density at radius 3 is 2.24 bits per heavy atom. The third-order valence-corrected chi connectivity index (χ3v) is 7.18. The summed E-state index contributed by atoms with van der Waals surface area (Å²) >= 11 is 0. The molecule has 6 unspecified atom stereocenters. The Kier molecular flexibility index (Phi) is 5.79. The van der Waals surface area contributed by atoms with Crippen LogP contribution in [-0.4, -0.2) is 12.6 Å². The van der Waals surface area contributed by atoms with Gasteiger partial charge in [0.15, 0.2) is 0 Å². The largest absolute Gasteiger partial charge is 0.314 e. The molecule has 21 heavy (non-hydrogen) atoms. The Morgan fingerprint density at radius 1 is 0.905 bits per heavy atom. The standard InChI is InChI=1S/C20H39N/c1-7-21-19-12-14(2)8-11-18(19)20(5,6)17-10-9-15(3)16(4)13-17/h14-19,21H,7-13H2,1-6H3. The van der Waals surface area contributed by atoms with Crippen LogP contribution >= 0.6 is 0 Å². The zero-order valence-electron chi connectivity index (χ0n) is 15.4. The molecule has 2 fully saturated rings. The Bertz CT molecular complexity index is 322. The van der Waals surface area contributed by atoms with Gasteiger partial charge in [-0.1, -0.05) is 54.4 Å². The lowest BCUT2D eigenvalue weighted by atomic mass is 9.56. The Morgan fingerprint density at radius 2 is 1.62 bits per heavy atom. The van der Waals surface area contributed by atoms with Gasteiger partial charge in [-0.15, -0.1) is 0 Å². The molecule has 0 aromatic carbocycles. The van der Waals surface area contributed by atoms with Crippen molar-refractivity contribution < 1.29 is 0 Å². The first-order chi connectivity index (χ1) is 9.86. The van der Waals surface area contributed by atoms with Crippen molar-refractivity contribution in [2.24, 2.45) is 35.0 Å². The fraction of sp³-hybridized carbons (Fsp3) is 1.00. The number of nitrogens with one attached hydrogen (secondary N) is 1. The SMILES string of the molecule is CCNC1CC(C)CCC1C(C)(C)C1CCC(C)C(C)C1. The van der Waals surface area contributed by atoms with E-state index in [1.165, 1.54) is 38.5 Å². The molecule has 0 radical (unpaired) electrons. The first kappa shape index (κ1) is 17.3. The number of hydrogen-bond donors (Lipinski definition) is 1. The lowest BCUT2D eigenvalue weighted by Crippen LogP contribution is -2.50. The van der Waals surface area contributed by atoms with E-state index < -0.39 is 0 Å². The molecular formula is C20H39N. The van der Waals surface area contributed by atoms with Crippen molar-refractivity contribution in [1.29, 1.82) is 0 Å². The lowest BCUT2D eigenvalue weighted by molar-refractivity contribution is 0.00720. The van der Waals surface area contributed by atoms with Crippen molar-refractivity contribution in [3.05, 3.63) is 0 Å². The molecule has 2 rings (SSSR count). The Balaban J connectivity index is 2.09. The molecule has 1 N–H and O–H groups in total. The maximum atomic E-state index is 3.83. The van der Waals surface area contributed by atoms with Gasteiger partial charge in [-0.05, 0) is 67.2 Å². The van der Waals surface area contributed by atoms with Gasteiger partial charge < -0.3 is 5.32 Å². The predicted molar refractivity (Wildman–Crippen MR) is 93.4 cm³/mol. The maximum absolute atomic E-state index is 3.83. The van der Waals surface area contributed by atoms with E-state index in [9.17, 15) is 0 Å². The minimum Gasteiger partial charge on any atom is -0.314 e. The first-order valence-corrected chi connectivity index (χ1v) is 9.59. The number of rotatable bonds is 4. The molecule has 0 aliphatic heterocycles. The third kappa shape index (κ3) is 3.84. The topological polar surface area (TPSA) is 12.0 Å². The quantitative estimate of drug-likeness (QED) is 0.721. The van der Waals surface area contributed by atoms with Gasteiger partial charge in [-0.25, -0.2) is 0 Å². The highest BCUT2D eigenvalue weighted by Crippen LogP contribution is 2.50. The summed E-state index contributed by atoms with van der Waals surface area (Å²) in [5, 5.41) is 3.83. The molecule has 2 aliphatic carbocycles. The summed E-state index contributed by atoms with van der Waals surface area (Å²) in [6.45, 7) is 16.0. The summed E-state index contributed by atoms with van der Waals surface area (Å²) in [5.74, 6) is 4.57. The minimum absolute atomic E-state index is 0.501. The van der Waals surface area contributed by atoms with E-state index in [0.29, 0.717) is 5.41 Å². The predicted octanol–water partition coefficient (Wildman–Crippen LogP) is 5.50. The highest BCUT2D eigenvalue weighted by atomic mass is 14.9. The summed E-state index contributed by atoms with van der Waals surface area (Å²) in [6, 6.07) is 0.753. The van der Waals surface area contributed by atoms with Gasteiger partial charge in [0.25, 0.3) is 0 Å². The lowest BCUT2D eigenvalue weighted by Gasteiger charge is -2.51. The van der Waals surface area contributed by atoms with E-state index in [1.807, 2.05) is 0 Å². The Hall–Kier alpha value is -0.0400. The summed E-state index contributed by atoms with van der Waals surface area (Å²) in [6.07, 6.45) is 8.63. The van der Waals surface area contributed by atoms with Crippen LogP contribution in [-0.2, 0) is 0 Å². The average molecular weight is 294 g/mol. The van der Waals surface area contributed by atoms with E-state index in [4.69, 9.17) is 0 Å². The van der Waals surface area contributed by atoms with Crippen molar-refractivity contribution in [3.63, 3.8) is 0 Å². The van der Waals surface area contributed by atoms with Crippen LogP contribution < -0.4 is 5.32 Å². The van der Waals surface area contributed by atoms with Crippen LogP contribution in [0.5, 0.6) is 0 Å². The molecular weight excluding hydrogens is 254 g/mol. The molecule has 0 bridgehead atoms. The molecule has 0 heterocycles. The minimum atomic E-state index is 0.501. The molecule has 1 nitrogen and oxygen atoms in total. The Labute approximate surface area is 133 Å². The summed E-state index contributed by atoms with van der Waals surface area (Å²) in [4.78, 5) is 0. The van der Waals surface area contributed by atoms with E-state index in [0.717, 1.165) is 42.2 Å². The van der Waals surface area contributed by atoms with Crippen molar-refractivity contribution in [2.75, 3.05) is 6.54 Å². The molecule has 0 spiro atoms. The van der Waals surface area contributed by atoms with E-state index in [1.54, 1.807) is 0 Å². The van der Waals surface area contributed by atoms with Gasteiger partial charge >= 0.3 is 0 Å². The molecule has 124 valence electrons. The fourth-order valence-corrected chi connectivity index (χ4v) is 5.29. The van der Waals surface area contributed by atoms with Crippen LogP contribution in [0.1, 0.15) is 80.1 Å². The molecule has 1 heteroatoms. The second-order valence-corrected chi connectivity index (χ2v) is 8.97. The van der Waals surface area contributed by atoms with Gasteiger partial charge in [0, 0.05) is 6.04 Å². The highest BCUT2D eigenvalue weighted by molar-refractivity contribution is 4.96. The molecule has 6 atom stereocenters. The van der Waals surface area contributed by atoms with Crippen molar-refractivity contribution in [2.45, 2.75) is 86.1 Å². The second-order valence-electron chi connectivity index (χ2n) is 8.97. The number of hydrogen-bond acceptors (Lipinski definition) is 1. The first-order valence-electron chi connectivity index (χ1n) is 9.59. The van der Waals surface area contributed by atoms with Crippen molar-refractivity contribution in [1.82, 2.24) is 5.32 Å². The molecule has 0 aromatic heterocycles. The molecule has 0 amide bonds. The summed E-state index contributed by atoms with van der Waals surface area (Å²) < 4.78 is 0. The van der Waals surface area contributed by atoms with E-state index in [-0.39, 0.29) is 0 Å². The molecule has 2 saturated carbocycles. The normalized spacial score (nSPS) is 42.0. The van der Waals surface area contributed by atoms with E-state index in [2.05, 4.69) is 46.9 Å². The van der Waals surface area contributed by atoms with Crippen LogP contribution in [0.15, 0.2) is 0 Å². The average Bonchev–Trinajstić information content (AvgIpc) is 2.42. The van der Waals surface area contributed by atoms with Crippen LogP contribution in [0.3, 0.4) is 0 Å². The molecule has 0 saturated heterocycles. The van der Waals surface area contributed by atoms with Crippen molar-refractivity contribution >= 4 is 0 Å². The monoisotopic (exact) mass is 293 g/mol. The third-order valence-electron chi connectivity index (χ3n) is 7.18. The van der Waals surface area contributed by atoms with Gasteiger partial charge in [0.1, 0.15) is 0 Å². The molecule has 2 aliphatic rings. The zero-order valence-corrected chi connectivity index (χ0v) is 15.4. The highest BCUT2D eigenvalue weighted by Gasteiger charge is 2.44. The maximum Gasteiger partial charge on any atom is 0.0103 e. The summed E-state index contributed by atoms with van der Waals surface area (Å²) in [7, 11) is 0. The van der Waals surface area contributed by atoms with Gasteiger partial charge in [-0.3, -0.25) is 0 Å². The second kappa shape index (κ2) is 7.02. The summed E-state index contributed by atoms with van der Waals surface area (Å²) in [5.41, 5.74) is 0.501. The zero-order chi connectivity index (χ0) is 15.6. The van der Waals surface area contributed by atoms with E-state index >= 15 is 0 Å². The van der Waals surface area contributed by atoms with Crippen molar-refractivity contribution in [3.8, 4) is 0 Å². The fourth-order valence-electron chi connectivity index (χ4n) is 5.29. The van der Waals surface area contributed by atoms with Gasteiger partial charge in [0.2, 0.25) is 0 Å². The van der Waals surface area contributed by atoms with Crippen LogP contribution in [0.2, 0.25) is 0 Å². The van der Waals surface area contributed by atoms with Gasteiger partial charge in [0.05, 0.1) is 0 Å². The van der Waals surface area contributed by atoms with Crippen LogP contribution in [0.25, 0.3) is 0 Å². The van der Waals surface area contributed by atoms with Gasteiger partial charge in [-0.2, -0.15) is 0 Å². The van der Waals surface area contributed by atoms with Crippen LogP contribution in [0.4, 0.5) is 0 Å². The molecule has 0 aromatic rings. The smallest absolute Gasteiger partial charge is 0.0103 e. The van der Waals surface area contributed by atoms with Crippen LogP contribution in [0, 0.1) is 35.0 Å².